The fourth-order valence-electron chi connectivity index (χ4n) is 3.00. The van der Waals surface area contributed by atoms with Gasteiger partial charge in [-0.05, 0) is 38.5 Å². The van der Waals surface area contributed by atoms with Crippen molar-refractivity contribution in [1.82, 2.24) is 10.2 Å². The summed E-state index contributed by atoms with van der Waals surface area (Å²) in [6.07, 6.45) is 3.53. The molecule has 1 aliphatic carbocycles. The first-order chi connectivity index (χ1) is 9.40. The summed E-state index contributed by atoms with van der Waals surface area (Å²) < 4.78 is 0. The van der Waals surface area contributed by atoms with Gasteiger partial charge in [0.05, 0.1) is 0 Å². The number of rotatable bonds is 2. The van der Waals surface area contributed by atoms with E-state index in [0.29, 0.717) is 24.9 Å². The summed E-state index contributed by atoms with van der Waals surface area (Å²) in [7, 11) is 0. The fourth-order valence-corrected chi connectivity index (χ4v) is 3.00. The lowest BCUT2D eigenvalue weighted by atomic mass is 10.0. The maximum Gasteiger partial charge on any atom is 0.331 e. The van der Waals surface area contributed by atoms with Gasteiger partial charge in [-0.3, -0.25) is 10.1 Å². The van der Waals surface area contributed by atoms with Gasteiger partial charge in [0.2, 0.25) is 0 Å². The molecule has 110 valence electrons. The van der Waals surface area contributed by atoms with Crippen LogP contribution in [-0.2, 0) is 9.59 Å². The Hall–Kier alpha value is -1.85. The number of likely N-dealkylation sites (tertiary alicyclic amines) is 1. The molecular formula is C14H20N2O4. The zero-order chi connectivity index (χ0) is 14.9. The van der Waals surface area contributed by atoms with Gasteiger partial charge in [-0.1, -0.05) is 6.42 Å². The molecule has 2 unspecified atom stereocenters. The second kappa shape index (κ2) is 5.64. The van der Waals surface area contributed by atoms with E-state index in [9.17, 15) is 14.4 Å². The first kappa shape index (κ1) is 14.6. The lowest BCUT2D eigenvalue weighted by Crippen LogP contribution is -2.42. The maximum atomic E-state index is 12.0. The molecule has 1 heterocycles. The third-order valence-corrected chi connectivity index (χ3v) is 4.46. The van der Waals surface area contributed by atoms with Crippen LogP contribution in [0, 0.1) is 11.8 Å². The van der Waals surface area contributed by atoms with Crippen molar-refractivity contribution in [3.8, 4) is 0 Å². The maximum absolute atomic E-state index is 12.0. The van der Waals surface area contributed by atoms with Gasteiger partial charge in [-0.15, -0.1) is 0 Å². The first-order valence-corrected chi connectivity index (χ1v) is 6.91. The quantitative estimate of drug-likeness (QED) is 0.748. The van der Waals surface area contributed by atoms with Crippen LogP contribution in [0.2, 0.25) is 0 Å². The van der Waals surface area contributed by atoms with E-state index in [1.165, 1.54) is 20.3 Å². The molecule has 1 saturated carbocycles. The molecule has 0 radical (unpaired) electrons. The predicted molar refractivity (Wildman–Crippen MR) is 72.0 cm³/mol. The Morgan fingerprint density at radius 2 is 1.60 bits per heavy atom. The number of fused-ring (bicyclic) bond motifs is 1. The highest BCUT2D eigenvalue weighted by molar-refractivity contribution is 6.07. The molecule has 0 spiro atoms. The molecule has 0 aromatic rings. The normalized spacial score (nSPS) is 26.0. The van der Waals surface area contributed by atoms with Gasteiger partial charge in [-0.2, -0.15) is 0 Å². The summed E-state index contributed by atoms with van der Waals surface area (Å²) in [5.74, 6) is -0.658. The highest BCUT2D eigenvalue weighted by Crippen LogP contribution is 2.37. The number of imide groups is 1. The lowest BCUT2D eigenvalue weighted by molar-refractivity contribution is -0.133. The van der Waals surface area contributed by atoms with Gasteiger partial charge in [0.25, 0.3) is 5.91 Å². The summed E-state index contributed by atoms with van der Waals surface area (Å²) in [5, 5.41) is 11.1. The Kier molecular flexibility index (Phi) is 4.11. The highest BCUT2D eigenvalue weighted by atomic mass is 16.4. The molecule has 6 nitrogen and oxygen atoms in total. The molecule has 2 aliphatic rings. The van der Waals surface area contributed by atoms with Gasteiger partial charge in [0.1, 0.15) is 0 Å². The molecule has 2 N–H and O–H groups in total. The van der Waals surface area contributed by atoms with E-state index in [4.69, 9.17) is 5.11 Å². The van der Waals surface area contributed by atoms with Crippen molar-refractivity contribution >= 4 is 17.9 Å². The first-order valence-electron chi connectivity index (χ1n) is 6.91. The van der Waals surface area contributed by atoms with E-state index in [1.807, 2.05) is 0 Å². The smallest absolute Gasteiger partial charge is 0.331 e. The number of amides is 3. The third-order valence-electron chi connectivity index (χ3n) is 4.46. The average molecular weight is 280 g/mol. The second-order valence-electron chi connectivity index (χ2n) is 5.67. The van der Waals surface area contributed by atoms with Crippen LogP contribution in [0.3, 0.4) is 0 Å². The van der Waals surface area contributed by atoms with E-state index >= 15 is 0 Å². The molecule has 1 saturated heterocycles. The van der Waals surface area contributed by atoms with Gasteiger partial charge < -0.3 is 10.0 Å². The molecule has 0 aromatic heterocycles. The van der Waals surface area contributed by atoms with Gasteiger partial charge >= 0.3 is 12.0 Å². The van der Waals surface area contributed by atoms with Crippen molar-refractivity contribution < 1.29 is 19.5 Å². The molecule has 3 amide bonds. The summed E-state index contributed by atoms with van der Waals surface area (Å²) in [4.78, 5) is 36.3. The lowest BCUT2D eigenvalue weighted by Gasteiger charge is -2.17. The highest BCUT2D eigenvalue weighted by Gasteiger charge is 2.38. The molecule has 0 bridgehead atoms. The number of carbonyl (C=O) groups is 3. The van der Waals surface area contributed by atoms with Crippen molar-refractivity contribution in [2.24, 2.45) is 11.8 Å². The van der Waals surface area contributed by atoms with Crippen molar-refractivity contribution in [3.05, 3.63) is 11.1 Å². The average Bonchev–Trinajstić information content (AvgIpc) is 2.97. The number of carboxylic acids is 1. The van der Waals surface area contributed by atoms with Crippen LogP contribution >= 0.6 is 0 Å². The molecule has 2 atom stereocenters. The summed E-state index contributed by atoms with van der Waals surface area (Å²) in [6.45, 7) is 4.15. The van der Waals surface area contributed by atoms with Crippen LogP contribution in [0.4, 0.5) is 4.79 Å². The molecule has 6 heteroatoms. The Morgan fingerprint density at radius 1 is 1.05 bits per heavy atom. The van der Waals surface area contributed by atoms with E-state index in [0.717, 1.165) is 12.8 Å². The van der Waals surface area contributed by atoms with Crippen molar-refractivity contribution in [2.45, 2.75) is 33.1 Å². The Bertz CT molecular complexity index is 472. The monoisotopic (exact) mass is 280 g/mol. The zero-order valence-corrected chi connectivity index (χ0v) is 11.8. The van der Waals surface area contributed by atoms with Crippen LogP contribution < -0.4 is 5.32 Å². The minimum absolute atomic E-state index is 0.0476. The molecule has 2 rings (SSSR count). The van der Waals surface area contributed by atoms with Crippen molar-refractivity contribution in [2.75, 3.05) is 13.1 Å². The SMILES string of the molecule is CC(C(=O)O)=C(C)C(=O)NC(=O)N1CC2CCCC2C1. The van der Waals surface area contributed by atoms with Crippen LogP contribution in [0.25, 0.3) is 0 Å². The van der Waals surface area contributed by atoms with Gasteiger partial charge in [0.15, 0.2) is 0 Å². The fraction of sp³-hybridized carbons (Fsp3) is 0.643. The molecule has 1 aliphatic heterocycles. The summed E-state index contributed by atoms with van der Waals surface area (Å²) in [6, 6.07) is -0.415. The van der Waals surface area contributed by atoms with E-state index in [1.54, 1.807) is 4.90 Å². The van der Waals surface area contributed by atoms with Crippen molar-refractivity contribution in [3.63, 3.8) is 0 Å². The standard InChI is InChI=1S/C14H20N2O4/c1-8(9(2)13(18)19)12(17)15-14(20)16-6-10-4-3-5-11(10)7-16/h10-11H,3-7H2,1-2H3,(H,18,19)(H,15,17,20). The molecule has 0 aromatic carbocycles. The van der Waals surface area contributed by atoms with E-state index < -0.39 is 17.9 Å². The Balaban J connectivity index is 1.94. The molecule has 2 fully saturated rings. The number of aliphatic carboxylic acids is 1. The zero-order valence-electron chi connectivity index (χ0n) is 11.8. The molecule has 20 heavy (non-hydrogen) atoms. The molecular weight excluding hydrogens is 260 g/mol. The number of hydrogen-bond donors (Lipinski definition) is 2. The number of urea groups is 1. The minimum atomic E-state index is -1.15. The van der Waals surface area contributed by atoms with Gasteiger partial charge in [0, 0.05) is 24.2 Å². The van der Waals surface area contributed by atoms with Crippen LogP contribution in [-0.4, -0.2) is 41.0 Å². The number of carboxylic acid groups (broad SMARTS) is 1. The van der Waals surface area contributed by atoms with Crippen molar-refractivity contribution in [1.29, 1.82) is 0 Å². The third kappa shape index (κ3) is 2.84. The minimum Gasteiger partial charge on any atom is -0.478 e. The number of hydrogen-bond acceptors (Lipinski definition) is 3. The van der Waals surface area contributed by atoms with E-state index in [2.05, 4.69) is 5.32 Å². The Morgan fingerprint density at radius 3 is 2.10 bits per heavy atom. The summed E-state index contributed by atoms with van der Waals surface area (Å²) >= 11 is 0. The topological polar surface area (TPSA) is 86.7 Å². The van der Waals surface area contributed by atoms with E-state index in [-0.39, 0.29) is 11.1 Å². The largest absolute Gasteiger partial charge is 0.478 e. The van der Waals surface area contributed by atoms with Crippen LogP contribution in [0.15, 0.2) is 11.1 Å². The number of nitrogens with zero attached hydrogens (tertiary/aromatic N) is 1. The second-order valence-corrected chi connectivity index (χ2v) is 5.67. The van der Waals surface area contributed by atoms with Gasteiger partial charge in [-0.25, -0.2) is 9.59 Å². The number of carbonyl (C=O) groups excluding carboxylic acids is 2. The summed E-state index contributed by atoms with van der Waals surface area (Å²) in [5.41, 5.74) is 0.0128. The van der Waals surface area contributed by atoms with Crippen LogP contribution in [0.5, 0.6) is 0 Å². The van der Waals surface area contributed by atoms with Crippen LogP contribution in [0.1, 0.15) is 33.1 Å². The predicted octanol–water partition coefficient (Wildman–Crippen LogP) is 1.38. The number of nitrogens with one attached hydrogen (secondary N) is 1. The Labute approximate surface area is 117 Å².